The van der Waals surface area contributed by atoms with E-state index in [1.54, 1.807) is 31.0 Å². The number of hydrogen-bond donors (Lipinski definition) is 3. The lowest BCUT2D eigenvalue weighted by atomic mass is 10.1. The van der Waals surface area contributed by atoms with Crippen molar-refractivity contribution in [1.29, 1.82) is 0 Å². The summed E-state index contributed by atoms with van der Waals surface area (Å²) in [6, 6.07) is 6.59. The molecule has 5 aromatic heterocycles. The van der Waals surface area contributed by atoms with Gasteiger partial charge in [-0.25, -0.2) is 13.8 Å². The SMILES string of the molecule is CN(C)CCNc1cc(F)cc(-c2cncc3[nH]c(-c4n[nH]c5cnc(-c6cncc(N(C)C)c6)c(F)c45)nc23)c1. The average molecular weight is 555 g/mol. The van der Waals surface area contributed by atoms with Gasteiger partial charge in [0.25, 0.3) is 0 Å². The molecular weight excluding hydrogens is 526 g/mol. The van der Waals surface area contributed by atoms with Crippen LogP contribution in [0.4, 0.5) is 20.2 Å². The number of pyridine rings is 3. The molecule has 10 nitrogen and oxygen atoms in total. The molecule has 0 bridgehead atoms. The highest BCUT2D eigenvalue weighted by Crippen LogP contribution is 2.35. The molecule has 6 rings (SSSR count). The summed E-state index contributed by atoms with van der Waals surface area (Å²) < 4.78 is 30.7. The fourth-order valence-corrected chi connectivity index (χ4v) is 4.68. The normalized spacial score (nSPS) is 11.6. The van der Waals surface area contributed by atoms with Gasteiger partial charge in [0.2, 0.25) is 0 Å². The summed E-state index contributed by atoms with van der Waals surface area (Å²) in [5.74, 6) is -0.574. The van der Waals surface area contributed by atoms with E-state index in [1.807, 2.05) is 50.1 Å². The van der Waals surface area contributed by atoms with Crippen LogP contribution in [0.2, 0.25) is 0 Å². The van der Waals surface area contributed by atoms with Gasteiger partial charge in [0.15, 0.2) is 11.6 Å². The number of anilines is 2. The van der Waals surface area contributed by atoms with E-state index in [1.165, 1.54) is 12.1 Å². The highest BCUT2D eigenvalue weighted by molar-refractivity contribution is 5.98. The Labute approximate surface area is 234 Å². The molecule has 6 aromatic rings. The van der Waals surface area contributed by atoms with E-state index in [9.17, 15) is 4.39 Å². The molecule has 0 saturated heterocycles. The number of rotatable bonds is 8. The van der Waals surface area contributed by atoms with Gasteiger partial charge in [0.1, 0.15) is 17.2 Å². The van der Waals surface area contributed by atoms with Crippen LogP contribution in [0.5, 0.6) is 0 Å². The first kappa shape index (κ1) is 26.3. The Balaban J connectivity index is 1.42. The van der Waals surface area contributed by atoms with Gasteiger partial charge in [-0.2, -0.15) is 5.10 Å². The van der Waals surface area contributed by atoms with Crippen LogP contribution in [0.3, 0.4) is 0 Å². The van der Waals surface area contributed by atoms with E-state index >= 15 is 4.39 Å². The van der Waals surface area contributed by atoms with Crippen molar-refractivity contribution >= 4 is 33.3 Å². The van der Waals surface area contributed by atoms with Gasteiger partial charge < -0.3 is 20.1 Å². The van der Waals surface area contributed by atoms with Gasteiger partial charge >= 0.3 is 0 Å². The molecule has 5 heterocycles. The van der Waals surface area contributed by atoms with Crippen molar-refractivity contribution in [3.05, 3.63) is 66.9 Å². The van der Waals surface area contributed by atoms with Gasteiger partial charge in [-0.3, -0.25) is 20.1 Å². The third kappa shape index (κ3) is 5.05. The summed E-state index contributed by atoms with van der Waals surface area (Å²) in [7, 11) is 7.73. The molecule has 0 radical (unpaired) electrons. The molecule has 12 heteroatoms. The largest absolute Gasteiger partial charge is 0.384 e. The molecule has 0 unspecified atom stereocenters. The number of likely N-dealkylation sites (N-methyl/N-ethyl adjacent to an activating group) is 1. The minimum absolute atomic E-state index is 0.156. The molecule has 0 aliphatic heterocycles. The van der Waals surface area contributed by atoms with Crippen LogP contribution in [0.25, 0.3) is 55.8 Å². The molecule has 1 aromatic carbocycles. The zero-order valence-corrected chi connectivity index (χ0v) is 23.0. The summed E-state index contributed by atoms with van der Waals surface area (Å²) in [5, 5.41) is 10.7. The van der Waals surface area contributed by atoms with E-state index in [-0.39, 0.29) is 16.9 Å². The van der Waals surface area contributed by atoms with Gasteiger partial charge in [-0.05, 0) is 43.9 Å². The first-order valence-electron chi connectivity index (χ1n) is 13.0. The van der Waals surface area contributed by atoms with E-state index in [0.29, 0.717) is 57.0 Å². The Morgan fingerprint density at radius 2 is 1.68 bits per heavy atom. The first-order valence-corrected chi connectivity index (χ1v) is 13.0. The number of H-pyrrole nitrogens is 2. The van der Waals surface area contributed by atoms with Crippen LogP contribution in [0, 0.1) is 11.6 Å². The summed E-state index contributed by atoms with van der Waals surface area (Å²) in [4.78, 5) is 24.8. The summed E-state index contributed by atoms with van der Waals surface area (Å²) in [6.45, 7) is 1.46. The fraction of sp³-hybridized carbons (Fsp3) is 0.207. The maximum atomic E-state index is 16.0. The summed E-state index contributed by atoms with van der Waals surface area (Å²) >= 11 is 0. The van der Waals surface area contributed by atoms with Crippen molar-refractivity contribution in [2.75, 3.05) is 51.5 Å². The van der Waals surface area contributed by atoms with Crippen LogP contribution >= 0.6 is 0 Å². The maximum Gasteiger partial charge on any atom is 0.161 e. The van der Waals surface area contributed by atoms with Crippen LogP contribution in [-0.4, -0.2) is 81.3 Å². The first-order chi connectivity index (χ1) is 19.8. The monoisotopic (exact) mass is 554 g/mol. The Kier molecular flexibility index (Phi) is 6.75. The maximum absolute atomic E-state index is 16.0. The third-order valence-electron chi connectivity index (χ3n) is 6.77. The molecule has 41 heavy (non-hydrogen) atoms. The molecule has 0 spiro atoms. The van der Waals surface area contributed by atoms with Crippen molar-refractivity contribution in [1.82, 2.24) is 40.0 Å². The van der Waals surface area contributed by atoms with E-state index in [2.05, 4.69) is 35.5 Å². The lowest BCUT2D eigenvalue weighted by molar-refractivity contribution is 0.425. The van der Waals surface area contributed by atoms with Crippen LogP contribution in [-0.2, 0) is 0 Å². The predicted molar refractivity (Wildman–Crippen MR) is 157 cm³/mol. The number of fused-ring (bicyclic) bond motifs is 2. The number of aromatic nitrogens is 7. The number of hydrogen-bond acceptors (Lipinski definition) is 8. The summed E-state index contributed by atoms with van der Waals surface area (Å²) in [5.41, 5.74) is 5.32. The number of aromatic amines is 2. The molecule has 208 valence electrons. The molecule has 0 aliphatic carbocycles. The molecular formula is C29H28F2N10. The van der Waals surface area contributed by atoms with Crippen LogP contribution < -0.4 is 10.2 Å². The minimum atomic E-state index is -0.540. The Hall–Kier alpha value is -4.97. The van der Waals surface area contributed by atoms with Gasteiger partial charge in [0.05, 0.1) is 46.2 Å². The van der Waals surface area contributed by atoms with Gasteiger partial charge in [0, 0.05) is 56.4 Å². The van der Waals surface area contributed by atoms with E-state index in [0.717, 1.165) is 12.2 Å². The number of imidazole rings is 1. The standard InChI is InChI=1S/C29H28F2N10/c1-40(2)6-5-34-19-8-16(7-18(30)10-19)21-13-33-14-23-27(21)37-29(36-23)28-24-22(38-39-28)15-35-26(25(24)31)17-9-20(41(3)4)12-32-11-17/h7-15,34H,5-6H2,1-4H3,(H,36,37)(H,38,39). The predicted octanol–water partition coefficient (Wildman–Crippen LogP) is 4.94. The second-order valence-electron chi connectivity index (χ2n) is 10.2. The fourth-order valence-electron chi connectivity index (χ4n) is 4.68. The minimum Gasteiger partial charge on any atom is -0.384 e. The Bertz CT molecular complexity index is 1880. The highest BCUT2D eigenvalue weighted by atomic mass is 19.1. The zero-order valence-electron chi connectivity index (χ0n) is 23.0. The molecule has 0 amide bonds. The second-order valence-corrected chi connectivity index (χ2v) is 10.2. The lowest BCUT2D eigenvalue weighted by Gasteiger charge is -2.13. The Morgan fingerprint density at radius 3 is 2.49 bits per heavy atom. The number of benzene rings is 1. The van der Waals surface area contributed by atoms with Crippen molar-refractivity contribution < 1.29 is 8.78 Å². The van der Waals surface area contributed by atoms with Crippen LogP contribution in [0.1, 0.15) is 0 Å². The molecule has 0 aliphatic rings. The summed E-state index contributed by atoms with van der Waals surface area (Å²) in [6.07, 6.45) is 8.08. The van der Waals surface area contributed by atoms with Crippen molar-refractivity contribution in [2.45, 2.75) is 0 Å². The van der Waals surface area contributed by atoms with E-state index in [4.69, 9.17) is 4.98 Å². The molecule has 0 atom stereocenters. The average Bonchev–Trinajstić information content (AvgIpc) is 3.57. The number of nitrogens with one attached hydrogen (secondary N) is 3. The van der Waals surface area contributed by atoms with Gasteiger partial charge in [-0.1, -0.05) is 0 Å². The Morgan fingerprint density at radius 1 is 0.854 bits per heavy atom. The van der Waals surface area contributed by atoms with Gasteiger partial charge in [-0.15, -0.1) is 0 Å². The highest BCUT2D eigenvalue weighted by Gasteiger charge is 2.22. The molecule has 0 fully saturated rings. The zero-order chi connectivity index (χ0) is 28.7. The van der Waals surface area contributed by atoms with Crippen molar-refractivity contribution in [2.24, 2.45) is 0 Å². The van der Waals surface area contributed by atoms with Crippen LogP contribution in [0.15, 0.2) is 55.2 Å². The lowest BCUT2D eigenvalue weighted by Crippen LogP contribution is -2.20. The molecule has 3 N–H and O–H groups in total. The molecule has 0 saturated carbocycles. The van der Waals surface area contributed by atoms with Crippen molar-refractivity contribution in [3.8, 4) is 33.9 Å². The van der Waals surface area contributed by atoms with Crippen molar-refractivity contribution in [3.63, 3.8) is 0 Å². The number of nitrogens with zero attached hydrogens (tertiary/aromatic N) is 7. The topological polar surface area (TPSA) is 115 Å². The second kappa shape index (κ2) is 10.5. The quantitative estimate of drug-likeness (QED) is 0.242. The third-order valence-corrected chi connectivity index (χ3v) is 6.77. The van der Waals surface area contributed by atoms with E-state index < -0.39 is 5.82 Å². The number of halogens is 2. The smallest absolute Gasteiger partial charge is 0.161 e.